The van der Waals surface area contributed by atoms with Crippen LogP contribution >= 0.6 is 0 Å². The number of hydrogen-bond acceptors (Lipinski definition) is 3. The number of rotatable bonds is 2. The molecule has 0 aliphatic carbocycles. The number of nitrogens with one attached hydrogen (secondary N) is 1. The second kappa shape index (κ2) is 5.36. The number of hydrogen-bond donors (Lipinski definition) is 1. The van der Waals surface area contributed by atoms with Crippen molar-refractivity contribution in [2.24, 2.45) is 0 Å². The van der Waals surface area contributed by atoms with Crippen LogP contribution in [0.5, 0.6) is 0 Å². The minimum absolute atomic E-state index is 0.0108. The lowest BCUT2D eigenvalue weighted by molar-refractivity contribution is -0.0764. The molecule has 6 heteroatoms. The van der Waals surface area contributed by atoms with Gasteiger partial charge >= 0.3 is 0 Å². The summed E-state index contributed by atoms with van der Waals surface area (Å²) in [6, 6.07) is 2.11. The van der Waals surface area contributed by atoms with Gasteiger partial charge in [-0.3, -0.25) is 4.79 Å². The van der Waals surface area contributed by atoms with Crippen LogP contribution in [0.15, 0.2) is 12.1 Å². The lowest BCUT2D eigenvalue weighted by Crippen LogP contribution is -2.50. The van der Waals surface area contributed by atoms with E-state index in [2.05, 4.69) is 5.32 Å². The molecule has 1 N–H and O–H groups in total. The van der Waals surface area contributed by atoms with Crippen molar-refractivity contribution < 1.29 is 18.3 Å². The van der Waals surface area contributed by atoms with Gasteiger partial charge in [0.05, 0.1) is 12.2 Å². The Morgan fingerprint density at radius 2 is 1.95 bits per heavy atom. The quantitative estimate of drug-likeness (QED) is 0.905. The smallest absolute Gasteiger partial charge is 0.254 e. The Bertz CT molecular complexity index is 509. The number of amides is 1. The molecule has 1 aliphatic rings. The van der Waals surface area contributed by atoms with Gasteiger partial charge in [0.2, 0.25) is 0 Å². The first-order valence-corrected chi connectivity index (χ1v) is 6.44. The van der Waals surface area contributed by atoms with Gasteiger partial charge in [0, 0.05) is 25.7 Å². The second-order valence-electron chi connectivity index (χ2n) is 5.40. The van der Waals surface area contributed by atoms with E-state index < -0.39 is 17.2 Å². The van der Waals surface area contributed by atoms with Crippen molar-refractivity contribution in [3.05, 3.63) is 29.3 Å². The predicted molar refractivity (Wildman–Crippen MR) is 71.8 cm³/mol. The maximum atomic E-state index is 13.7. The fourth-order valence-corrected chi connectivity index (χ4v) is 2.31. The molecule has 0 atom stereocenters. The summed E-state index contributed by atoms with van der Waals surface area (Å²) in [6.45, 7) is 4.97. The largest absolute Gasteiger partial charge is 0.383 e. The zero-order valence-corrected chi connectivity index (χ0v) is 11.8. The first-order chi connectivity index (χ1) is 9.34. The number of morpholine rings is 1. The van der Waals surface area contributed by atoms with Crippen LogP contribution in [0.25, 0.3) is 0 Å². The number of carbonyl (C=O) groups is 1. The van der Waals surface area contributed by atoms with E-state index in [4.69, 9.17) is 4.74 Å². The van der Waals surface area contributed by atoms with Gasteiger partial charge in [-0.15, -0.1) is 0 Å². The Morgan fingerprint density at radius 1 is 1.35 bits per heavy atom. The Kier molecular flexibility index (Phi) is 3.94. The molecule has 0 radical (unpaired) electrons. The van der Waals surface area contributed by atoms with E-state index in [9.17, 15) is 13.6 Å². The molecular weight excluding hydrogens is 266 g/mol. The molecule has 4 nitrogen and oxygen atoms in total. The molecule has 1 aliphatic heterocycles. The normalized spacial score (nSPS) is 17.9. The third-order valence-corrected chi connectivity index (χ3v) is 3.25. The molecule has 110 valence electrons. The van der Waals surface area contributed by atoms with Crippen molar-refractivity contribution in [3.8, 4) is 0 Å². The van der Waals surface area contributed by atoms with E-state index >= 15 is 0 Å². The van der Waals surface area contributed by atoms with Crippen LogP contribution in [-0.2, 0) is 4.74 Å². The summed E-state index contributed by atoms with van der Waals surface area (Å²) in [5.41, 5.74) is -0.670. The molecular formula is C14H18F2N2O2. The fraction of sp³-hybridized carbons (Fsp3) is 0.500. The maximum Gasteiger partial charge on any atom is 0.254 e. The summed E-state index contributed by atoms with van der Waals surface area (Å²) in [5, 5.41) is 2.43. The Morgan fingerprint density at radius 3 is 2.45 bits per heavy atom. The van der Waals surface area contributed by atoms with E-state index in [1.807, 2.05) is 13.8 Å². The standard InChI is InChI=1S/C14H18F2N2O2/c1-14(2)8-18(4-5-20-14)13(19)9-6-10(15)12(17-3)11(16)7-9/h6-7,17H,4-5,8H2,1-3H3. The molecule has 1 aromatic rings. The van der Waals surface area contributed by atoms with Crippen LogP contribution in [0.4, 0.5) is 14.5 Å². The van der Waals surface area contributed by atoms with Crippen molar-refractivity contribution in [1.29, 1.82) is 0 Å². The molecule has 1 heterocycles. The Hall–Kier alpha value is -1.69. The zero-order chi connectivity index (χ0) is 14.9. The van der Waals surface area contributed by atoms with Gasteiger partial charge in [0.25, 0.3) is 5.91 Å². The lowest BCUT2D eigenvalue weighted by atomic mass is 10.1. The summed E-state index contributed by atoms with van der Waals surface area (Å²) < 4.78 is 32.9. The van der Waals surface area contributed by atoms with Crippen molar-refractivity contribution in [3.63, 3.8) is 0 Å². The predicted octanol–water partition coefficient (Wildman–Crippen LogP) is 2.26. The van der Waals surface area contributed by atoms with E-state index in [0.717, 1.165) is 12.1 Å². The highest BCUT2D eigenvalue weighted by Gasteiger charge is 2.31. The number of anilines is 1. The average Bonchev–Trinajstić information content (AvgIpc) is 2.36. The number of ether oxygens (including phenoxy) is 1. The molecule has 1 amide bonds. The third-order valence-electron chi connectivity index (χ3n) is 3.25. The van der Waals surface area contributed by atoms with Crippen LogP contribution in [0.3, 0.4) is 0 Å². The molecule has 0 bridgehead atoms. The van der Waals surface area contributed by atoms with Gasteiger partial charge in [-0.05, 0) is 26.0 Å². The van der Waals surface area contributed by atoms with Gasteiger partial charge in [-0.1, -0.05) is 0 Å². The molecule has 0 aromatic heterocycles. The topological polar surface area (TPSA) is 41.6 Å². The molecule has 0 saturated carbocycles. The number of benzene rings is 1. The first-order valence-electron chi connectivity index (χ1n) is 6.44. The van der Waals surface area contributed by atoms with E-state index in [1.165, 1.54) is 7.05 Å². The Labute approximate surface area is 116 Å². The SMILES string of the molecule is CNc1c(F)cc(C(=O)N2CCOC(C)(C)C2)cc1F. The van der Waals surface area contributed by atoms with Crippen LogP contribution in [0.1, 0.15) is 24.2 Å². The Balaban J connectivity index is 2.25. The van der Waals surface area contributed by atoms with Gasteiger partial charge in [-0.25, -0.2) is 8.78 Å². The molecule has 1 aromatic carbocycles. The average molecular weight is 284 g/mol. The van der Waals surface area contributed by atoms with Gasteiger partial charge in [0.1, 0.15) is 17.3 Å². The van der Waals surface area contributed by atoms with E-state index in [0.29, 0.717) is 19.7 Å². The highest BCUT2D eigenvalue weighted by atomic mass is 19.1. The summed E-state index contributed by atoms with van der Waals surface area (Å²) >= 11 is 0. The van der Waals surface area contributed by atoms with Crippen LogP contribution in [-0.4, -0.2) is 43.2 Å². The van der Waals surface area contributed by atoms with E-state index in [-0.39, 0.29) is 17.2 Å². The second-order valence-corrected chi connectivity index (χ2v) is 5.40. The van der Waals surface area contributed by atoms with Crippen LogP contribution < -0.4 is 5.32 Å². The molecule has 0 spiro atoms. The zero-order valence-electron chi connectivity index (χ0n) is 11.8. The van der Waals surface area contributed by atoms with Gasteiger partial charge in [0.15, 0.2) is 0 Å². The number of halogens is 2. The molecule has 1 fully saturated rings. The van der Waals surface area contributed by atoms with Gasteiger partial charge < -0.3 is 15.0 Å². The molecule has 1 saturated heterocycles. The first kappa shape index (κ1) is 14.7. The van der Waals surface area contributed by atoms with Crippen molar-refractivity contribution in [2.75, 3.05) is 32.1 Å². The maximum absolute atomic E-state index is 13.7. The van der Waals surface area contributed by atoms with Crippen LogP contribution in [0.2, 0.25) is 0 Å². The number of carbonyl (C=O) groups excluding carboxylic acids is 1. The fourth-order valence-electron chi connectivity index (χ4n) is 2.31. The summed E-state index contributed by atoms with van der Waals surface area (Å²) in [6.07, 6.45) is 0. The molecule has 0 unspecified atom stereocenters. The molecule has 2 rings (SSSR count). The lowest BCUT2D eigenvalue weighted by Gasteiger charge is -2.38. The highest BCUT2D eigenvalue weighted by molar-refractivity contribution is 5.94. The minimum Gasteiger partial charge on any atom is -0.383 e. The van der Waals surface area contributed by atoms with E-state index in [1.54, 1.807) is 4.90 Å². The highest BCUT2D eigenvalue weighted by Crippen LogP contribution is 2.23. The minimum atomic E-state index is -0.775. The summed E-state index contributed by atoms with van der Waals surface area (Å²) in [7, 11) is 1.42. The van der Waals surface area contributed by atoms with Crippen molar-refractivity contribution in [1.82, 2.24) is 4.90 Å². The van der Waals surface area contributed by atoms with Crippen LogP contribution in [0, 0.1) is 11.6 Å². The van der Waals surface area contributed by atoms with Crippen molar-refractivity contribution in [2.45, 2.75) is 19.4 Å². The summed E-state index contributed by atoms with van der Waals surface area (Å²) in [5.74, 6) is -1.94. The number of nitrogens with zero attached hydrogens (tertiary/aromatic N) is 1. The summed E-state index contributed by atoms with van der Waals surface area (Å²) in [4.78, 5) is 13.9. The van der Waals surface area contributed by atoms with Crippen molar-refractivity contribution >= 4 is 11.6 Å². The molecule has 20 heavy (non-hydrogen) atoms. The monoisotopic (exact) mass is 284 g/mol. The third kappa shape index (κ3) is 2.90. The van der Waals surface area contributed by atoms with Gasteiger partial charge in [-0.2, -0.15) is 0 Å².